The Labute approximate surface area is 218 Å². The van der Waals surface area contributed by atoms with Gasteiger partial charge in [0.2, 0.25) is 0 Å². The SMILES string of the molecule is CC(C)(C)c1ccc(Oc2ccc3cc(C(=O)NC(CC(=O)O)c4ccc(Br)cc4)ncc3c2)cc1. The average Bonchev–Trinajstić information content (AvgIpc) is 2.83. The first-order valence-electron chi connectivity index (χ1n) is 11.5. The first-order chi connectivity index (χ1) is 17.1. The number of nitrogens with zero attached hydrogens (tertiary/aromatic N) is 1. The highest BCUT2D eigenvalue weighted by Crippen LogP contribution is 2.29. The maximum absolute atomic E-state index is 12.9. The van der Waals surface area contributed by atoms with Crippen molar-refractivity contribution in [2.75, 3.05) is 0 Å². The lowest BCUT2D eigenvalue weighted by molar-refractivity contribution is -0.137. The molecule has 0 saturated carbocycles. The molecule has 2 N–H and O–H groups in total. The average molecular weight is 547 g/mol. The number of carbonyl (C=O) groups is 2. The number of hydrogen-bond acceptors (Lipinski definition) is 4. The minimum absolute atomic E-state index is 0.0725. The zero-order valence-corrected chi connectivity index (χ0v) is 21.9. The largest absolute Gasteiger partial charge is 0.481 e. The van der Waals surface area contributed by atoms with Crippen LogP contribution in [-0.4, -0.2) is 22.0 Å². The normalized spacial score (nSPS) is 12.2. The molecule has 36 heavy (non-hydrogen) atoms. The van der Waals surface area contributed by atoms with Crippen LogP contribution in [0.25, 0.3) is 10.8 Å². The molecular formula is C29H27BrN2O4. The van der Waals surface area contributed by atoms with Gasteiger partial charge in [0.15, 0.2) is 0 Å². The van der Waals surface area contributed by atoms with Crippen molar-refractivity contribution in [3.63, 3.8) is 0 Å². The summed E-state index contributed by atoms with van der Waals surface area (Å²) in [6.07, 6.45) is 1.38. The zero-order valence-electron chi connectivity index (χ0n) is 20.3. The van der Waals surface area contributed by atoms with Crippen molar-refractivity contribution < 1.29 is 19.4 Å². The van der Waals surface area contributed by atoms with E-state index in [0.29, 0.717) is 11.3 Å². The highest BCUT2D eigenvalue weighted by molar-refractivity contribution is 9.10. The van der Waals surface area contributed by atoms with Crippen molar-refractivity contribution in [2.45, 2.75) is 38.6 Å². The summed E-state index contributed by atoms with van der Waals surface area (Å²) >= 11 is 3.37. The Hall–Kier alpha value is -3.71. The van der Waals surface area contributed by atoms with Gasteiger partial charge in [-0.05, 0) is 64.4 Å². The molecule has 0 fully saturated rings. The summed E-state index contributed by atoms with van der Waals surface area (Å²) in [7, 11) is 0. The van der Waals surface area contributed by atoms with E-state index in [1.54, 1.807) is 24.4 Å². The van der Waals surface area contributed by atoms with Gasteiger partial charge in [-0.1, -0.05) is 67.0 Å². The summed E-state index contributed by atoms with van der Waals surface area (Å²) < 4.78 is 6.88. The van der Waals surface area contributed by atoms with E-state index in [4.69, 9.17) is 4.74 Å². The predicted molar refractivity (Wildman–Crippen MR) is 144 cm³/mol. The van der Waals surface area contributed by atoms with Crippen LogP contribution in [0.15, 0.2) is 83.5 Å². The van der Waals surface area contributed by atoms with E-state index < -0.39 is 17.9 Å². The number of aliphatic carboxylic acids is 1. The fraction of sp³-hybridized carbons (Fsp3) is 0.207. The van der Waals surface area contributed by atoms with E-state index in [2.05, 4.69) is 59.1 Å². The maximum Gasteiger partial charge on any atom is 0.305 e. The fourth-order valence-electron chi connectivity index (χ4n) is 3.82. The Balaban J connectivity index is 1.50. The van der Waals surface area contributed by atoms with Gasteiger partial charge >= 0.3 is 5.97 Å². The predicted octanol–water partition coefficient (Wildman–Crippen LogP) is 7.03. The van der Waals surface area contributed by atoms with Crippen LogP contribution in [-0.2, 0) is 10.2 Å². The molecule has 0 aliphatic heterocycles. The van der Waals surface area contributed by atoms with Crippen molar-refractivity contribution in [2.24, 2.45) is 0 Å². The van der Waals surface area contributed by atoms with Gasteiger partial charge in [-0.25, -0.2) is 0 Å². The van der Waals surface area contributed by atoms with E-state index in [0.717, 1.165) is 21.0 Å². The summed E-state index contributed by atoms with van der Waals surface area (Å²) in [5.41, 5.74) is 2.21. The lowest BCUT2D eigenvalue weighted by Gasteiger charge is -2.19. The molecule has 6 nitrogen and oxygen atoms in total. The number of rotatable bonds is 7. The minimum atomic E-state index is -1.00. The van der Waals surface area contributed by atoms with Gasteiger partial charge in [0, 0.05) is 16.1 Å². The summed E-state index contributed by atoms with van der Waals surface area (Å²) in [5.74, 6) is -0.0360. The molecule has 0 radical (unpaired) electrons. The second kappa shape index (κ2) is 10.5. The number of nitrogens with one attached hydrogen (secondary N) is 1. The standard InChI is InChI=1S/C29H27BrN2O4/c1-29(2,3)21-7-12-23(13-8-21)36-24-11-6-19-15-26(31-17-20(19)14-24)28(35)32-25(16-27(33)34)18-4-9-22(30)10-5-18/h4-15,17,25H,16H2,1-3H3,(H,32,35)(H,33,34). The number of pyridine rings is 1. The number of fused-ring (bicyclic) bond motifs is 1. The first kappa shape index (κ1) is 25.4. The maximum atomic E-state index is 12.9. The van der Waals surface area contributed by atoms with E-state index >= 15 is 0 Å². The second-order valence-corrected chi connectivity index (χ2v) is 10.5. The zero-order chi connectivity index (χ0) is 25.9. The summed E-state index contributed by atoms with van der Waals surface area (Å²) in [6, 6.07) is 21.8. The van der Waals surface area contributed by atoms with Crippen LogP contribution in [0.1, 0.15) is 54.8 Å². The van der Waals surface area contributed by atoms with Crippen LogP contribution in [0, 0.1) is 0 Å². The molecule has 0 aliphatic rings. The van der Waals surface area contributed by atoms with Crippen molar-refractivity contribution in [1.29, 1.82) is 0 Å². The van der Waals surface area contributed by atoms with Crippen LogP contribution in [0.5, 0.6) is 11.5 Å². The van der Waals surface area contributed by atoms with Crippen molar-refractivity contribution >= 4 is 38.6 Å². The Morgan fingerprint density at radius 3 is 2.25 bits per heavy atom. The Morgan fingerprint density at radius 1 is 0.944 bits per heavy atom. The molecule has 0 aliphatic carbocycles. The molecule has 0 bridgehead atoms. The number of carboxylic acids is 1. The van der Waals surface area contributed by atoms with Crippen molar-refractivity contribution in [3.8, 4) is 11.5 Å². The number of ether oxygens (including phenoxy) is 1. The lowest BCUT2D eigenvalue weighted by atomic mass is 9.87. The molecule has 184 valence electrons. The van der Waals surface area contributed by atoms with Crippen LogP contribution in [0.2, 0.25) is 0 Å². The summed E-state index contributed by atoms with van der Waals surface area (Å²) in [5, 5.41) is 13.8. The summed E-state index contributed by atoms with van der Waals surface area (Å²) in [4.78, 5) is 28.6. The van der Waals surface area contributed by atoms with Crippen LogP contribution >= 0.6 is 15.9 Å². The quantitative estimate of drug-likeness (QED) is 0.259. The Morgan fingerprint density at radius 2 is 1.61 bits per heavy atom. The molecule has 1 unspecified atom stereocenters. The first-order valence-corrected chi connectivity index (χ1v) is 12.3. The highest BCUT2D eigenvalue weighted by atomic mass is 79.9. The van der Waals surface area contributed by atoms with Gasteiger partial charge in [-0.3, -0.25) is 14.6 Å². The molecule has 0 spiro atoms. The smallest absolute Gasteiger partial charge is 0.305 e. The lowest BCUT2D eigenvalue weighted by Crippen LogP contribution is -2.30. The highest BCUT2D eigenvalue weighted by Gasteiger charge is 2.20. The number of amides is 1. The van der Waals surface area contributed by atoms with Crippen LogP contribution in [0.3, 0.4) is 0 Å². The monoisotopic (exact) mass is 546 g/mol. The molecule has 1 heterocycles. The Bertz CT molecular complexity index is 1390. The minimum Gasteiger partial charge on any atom is -0.481 e. The van der Waals surface area contributed by atoms with Crippen LogP contribution in [0.4, 0.5) is 0 Å². The van der Waals surface area contributed by atoms with Gasteiger partial charge in [-0.15, -0.1) is 0 Å². The van der Waals surface area contributed by atoms with Crippen LogP contribution < -0.4 is 10.1 Å². The van der Waals surface area contributed by atoms with Gasteiger partial charge in [0.1, 0.15) is 17.2 Å². The molecule has 4 aromatic rings. The van der Waals surface area contributed by atoms with Crippen molar-refractivity contribution in [1.82, 2.24) is 10.3 Å². The third kappa shape index (κ3) is 6.29. The number of aromatic nitrogens is 1. The molecule has 0 saturated heterocycles. The molecule has 3 aromatic carbocycles. The number of hydrogen-bond donors (Lipinski definition) is 2. The van der Waals surface area contributed by atoms with Crippen molar-refractivity contribution in [3.05, 3.63) is 100 Å². The molecule has 4 rings (SSSR count). The van der Waals surface area contributed by atoms with E-state index in [1.807, 2.05) is 42.5 Å². The number of halogens is 1. The third-order valence-corrected chi connectivity index (χ3v) is 6.37. The van der Waals surface area contributed by atoms with E-state index in [1.165, 1.54) is 5.56 Å². The number of carbonyl (C=O) groups excluding carboxylic acids is 1. The van der Waals surface area contributed by atoms with Gasteiger partial charge in [0.05, 0.1) is 12.5 Å². The molecule has 1 amide bonds. The van der Waals surface area contributed by atoms with Gasteiger partial charge in [-0.2, -0.15) is 0 Å². The number of carboxylic acid groups (broad SMARTS) is 1. The molecule has 7 heteroatoms. The third-order valence-electron chi connectivity index (χ3n) is 5.84. The second-order valence-electron chi connectivity index (χ2n) is 9.63. The molecule has 1 aromatic heterocycles. The fourth-order valence-corrected chi connectivity index (χ4v) is 4.08. The van der Waals surface area contributed by atoms with Gasteiger partial charge < -0.3 is 15.2 Å². The molecule has 1 atom stereocenters. The van der Waals surface area contributed by atoms with E-state index in [9.17, 15) is 14.7 Å². The topological polar surface area (TPSA) is 88.5 Å². The summed E-state index contributed by atoms with van der Waals surface area (Å²) in [6.45, 7) is 6.50. The van der Waals surface area contributed by atoms with Gasteiger partial charge in [0.25, 0.3) is 5.91 Å². The van der Waals surface area contributed by atoms with E-state index in [-0.39, 0.29) is 17.5 Å². The Kier molecular flexibility index (Phi) is 7.40. The molecular weight excluding hydrogens is 520 g/mol. The number of benzene rings is 3.